The van der Waals surface area contributed by atoms with Crippen LogP contribution in [0, 0.1) is 0 Å². The Hall–Kier alpha value is 3.24. The van der Waals surface area contributed by atoms with Crippen molar-refractivity contribution in [1.82, 2.24) is 0 Å². The van der Waals surface area contributed by atoms with Gasteiger partial charge in [0.05, 0.1) is 26.4 Å². The standard InChI is InChI=1S/C32H68O4P2S8/c1-5-9-13-17-21-25-29-33-37(39,34-30-26-22-18-14-10-6-2)41-43-45-46-44-42-38(40,35-31-27-23-19-15-11-7-3)36-32-28-24-20-16-12-8-4/h5-32H2,1-4H3. The first kappa shape index (κ1) is 49.2. The third kappa shape index (κ3) is 34.3. The van der Waals surface area contributed by atoms with Gasteiger partial charge in [-0.05, 0) is 88.6 Å². The van der Waals surface area contributed by atoms with Crippen molar-refractivity contribution >= 4 is 95.1 Å². The highest BCUT2D eigenvalue weighted by Crippen LogP contribution is 2.73. The molecule has 0 aromatic heterocycles. The molecule has 0 saturated carbocycles. The van der Waals surface area contributed by atoms with Crippen LogP contribution in [0.1, 0.15) is 182 Å². The fraction of sp³-hybridized carbons (Fsp3) is 1.00. The molecule has 0 rings (SSSR count). The number of unbranched alkanes of at least 4 members (excludes halogenated alkanes) is 20. The number of hydrogen-bond donors (Lipinski definition) is 0. The van der Waals surface area contributed by atoms with E-state index in [4.69, 9.17) is 41.7 Å². The second kappa shape index (κ2) is 38.0. The quantitative estimate of drug-likeness (QED) is 0.0336. The molecule has 278 valence electrons. The van der Waals surface area contributed by atoms with E-state index in [0.29, 0.717) is 26.4 Å². The Morgan fingerprint density at radius 2 is 0.543 bits per heavy atom. The summed E-state index contributed by atoms with van der Waals surface area (Å²) >= 11 is 12.0. The van der Waals surface area contributed by atoms with Crippen molar-refractivity contribution in [2.45, 2.75) is 182 Å². The highest BCUT2D eigenvalue weighted by molar-refractivity contribution is 9.47. The summed E-state index contributed by atoms with van der Waals surface area (Å²) in [7, 11) is 9.99. The molecule has 0 heterocycles. The lowest BCUT2D eigenvalue weighted by molar-refractivity contribution is 0.249. The normalized spacial score (nSPS) is 12.3. The molecule has 0 unspecified atom stereocenters. The average molecular weight is 835 g/mol. The third-order valence-corrected chi connectivity index (χ3v) is 31.4. The first-order valence-electron chi connectivity index (χ1n) is 18.3. The molecule has 0 fully saturated rings. The summed E-state index contributed by atoms with van der Waals surface area (Å²) in [5, 5.41) is 0. The van der Waals surface area contributed by atoms with Crippen molar-refractivity contribution < 1.29 is 18.1 Å². The van der Waals surface area contributed by atoms with E-state index in [0.717, 1.165) is 25.7 Å². The largest absolute Gasteiger partial charge is 0.321 e. The molecule has 0 bridgehead atoms. The monoisotopic (exact) mass is 834 g/mol. The van der Waals surface area contributed by atoms with Crippen LogP contribution in [0.2, 0.25) is 0 Å². The Labute approximate surface area is 318 Å². The van der Waals surface area contributed by atoms with Crippen LogP contribution in [0.4, 0.5) is 0 Å². The second-order valence-corrected chi connectivity index (χ2v) is 32.6. The minimum absolute atomic E-state index is 0.699. The highest BCUT2D eigenvalue weighted by Gasteiger charge is 2.23. The minimum atomic E-state index is -2.38. The van der Waals surface area contributed by atoms with Gasteiger partial charge in [0, 0.05) is 20.8 Å². The summed E-state index contributed by atoms with van der Waals surface area (Å²) < 4.78 is 25.1. The van der Waals surface area contributed by atoms with Gasteiger partial charge < -0.3 is 18.1 Å². The zero-order valence-corrected chi connectivity index (χ0v) is 37.9. The van der Waals surface area contributed by atoms with Crippen molar-refractivity contribution in [3.05, 3.63) is 0 Å². The average Bonchev–Trinajstić information content (AvgIpc) is 3.05. The van der Waals surface area contributed by atoms with Crippen LogP contribution in [-0.2, 0) is 41.7 Å². The van der Waals surface area contributed by atoms with E-state index < -0.39 is 11.4 Å². The van der Waals surface area contributed by atoms with Gasteiger partial charge in [-0.3, -0.25) is 0 Å². The predicted molar refractivity (Wildman–Crippen MR) is 231 cm³/mol. The Morgan fingerprint density at radius 3 is 0.783 bits per heavy atom. The van der Waals surface area contributed by atoms with Gasteiger partial charge in [0.15, 0.2) is 0 Å². The van der Waals surface area contributed by atoms with Gasteiger partial charge in [-0.15, -0.1) is 0 Å². The molecule has 46 heavy (non-hydrogen) atoms. The highest BCUT2D eigenvalue weighted by atomic mass is 33.9. The van der Waals surface area contributed by atoms with Crippen molar-refractivity contribution in [2.24, 2.45) is 0 Å². The molecule has 0 aliphatic rings. The summed E-state index contributed by atoms with van der Waals surface area (Å²) in [6, 6.07) is 0. The van der Waals surface area contributed by atoms with Crippen LogP contribution in [0.3, 0.4) is 0 Å². The zero-order chi connectivity index (χ0) is 33.9. The maximum absolute atomic E-state index is 6.27. The van der Waals surface area contributed by atoms with E-state index in [1.54, 1.807) is 60.1 Å². The Morgan fingerprint density at radius 1 is 0.326 bits per heavy atom. The van der Waals surface area contributed by atoms with Crippen molar-refractivity contribution in [3.63, 3.8) is 0 Å². The lowest BCUT2D eigenvalue weighted by atomic mass is 10.1. The van der Waals surface area contributed by atoms with Gasteiger partial charge in [0.2, 0.25) is 0 Å². The van der Waals surface area contributed by atoms with Gasteiger partial charge in [-0.25, -0.2) is 0 Å². The Kier molecular flexibility index (Phi) is 40.7. The summed E-state index contributed by atoms with van der Waals surface area (Å²) in [5.74, 6) is 0. The van der Waals surface area contributed by atoms with Gasteiger partial charge in [0.25, 0.3) is 11.4 Å². The molecule has 0 aliphatic carbocycles. The predicted octanol–water partition coefficient (Wildman–Crippen LogP) is 16.9. The van der Waals surface area contributed by atoms with Crippen LogP contribution in [0.25, 0.3) is 0 Å². The van der Waals surface area contributed by atoms with E-state index in [9.17, 15) is 0 Å². The lowest BCUT2D eigenvalue weighted by Crippen LogP contribution is -1.97. The van der Waals surface area contributed by atoms with Crippen LogP contribution in [0.15, 0.2) is 0 Å². The Balaban J connectivity index is 4.63. The number of rotatable bonds is 39. The summed E-state index contributed by atoms with van der Waals surface area (Å²) in [5.41, 5.74) is -4.76. The second-order valence-electron chi connectivity index (χ2n) is 11.7. The van der Waals surface area contributed by atoms with Crippen molar-refractivity contribution in [3.8, 4) is 0 Å². The third-order valence-electron chi connectivity index (χ3n) is 7.32. The van der Waals surface area contributed by atoms with E-state index in [-0.39, 0.29) is 0 Å². The molecule has 0 N–H and O–H groups in total. The number of hydrogen-bond acceptors (Lipinski definition) is 12. The van der Waals surface area contributed by atoms with Crippen LogP contribution in [-0.4, -0.2) is 26.4 Å². The molecular formula is C32H68O4P2S8. The SMILES string of the molecule is CCCCCCCCOP(=S)(OCCCCCCCC)SSSSSSP(=S)(OCCCCCCCC)OCCCCCCCC. The van der Waals surface area contributed by atoms with Crippen LogP contribution < -0.4 is 0 Å². The Bertz CT molecular complexity index is 626. The smallest absolute Gasteiger partial charge is 0.258 e. The molecule has 4 nitrogen and oxygen atoms in total. The molecule has 0 saturated heterocycles. The molecule has 0 radical (unpaired) electrons. The molecule has 0 aromatic rings. The fourth-order valence-electron chi connectivity index (χ4n) is 4.52. The maximum atomic E-state index is 6.27. The van der Waals surface area contributed by atoms with E-state index in [1.165, 1.54) is 128 Å². The van der Waals surface area contributed by atoms with Crippen molar-refractivity contribution in [2.75, 3.05) is 26.4 Å². The topological polar surface area (TPSA) is 36.9 Å². The van der Waals surface area contributed by atoms with Crippen LogP contribution >= 0.6 is 71.5 Å². The van der Waals surface area contributed by atoms with Crippen LogP contribution in [0.5, 0.6) is 0 Å². The summed E-state index contributed by atoms with van der Waals surface area (Å²) in [6.07, 6.45) is 29.8. The maximum Gasteiger partial charge on any atom is 0.258 e. The van der Waals surface area contributed by atoms with Gasteiger partial charge in [0.1, 0.15) is 0 Å². The van der Waals surface area contributed by atoms with Crippen molar-refractivity contribution in [1.29, 1.82) is 0 Å². The van der Waals surface area contributed by atoms with Gasteiger partial charge in [-0.2, -0.15) is 0 Å². The summed E-state index contributed by atoms with van der Waals surface area (Å²) in [6.45, 7) is 11.8. The fourth-order valence-corrected chi connectivity index (χ4v) is 31.6. The first-order chi connectivity index (χ1) is 22.4. The first-order valence-corrected chi connectivity index (χ1v) is 32.2. The summed E-state index contributed by atoms with van der Waals surface area (Å²) in [4.78, 5) is 0. The molecule has 0 atom stereocenters. The van der Waals surface area contributed by atoms with Gasteiger partial charge in [-0.1, -0.05) is 156 Å². The van der Waals surface area contributed by atoms with Gasteiger partial charge >= 0.3 is 0 Å². The molecular weight excluding hydrogens is 767 g/mol. The molecule has 0 aliphatic heterocycles. The molecule has 0 aromatic carbocycles. The minimum Gasteiger partial charge on any atom is -0.321 e. The lowest BCUT2D eigenvalue weighted by Gasteiger charge is -2.21. The van der Waals surface area contributed by atoms with E-state index in [2.05, 4.69) is 27.7 Å². The van der Waals surface area contributed by atoms with E-state index >= 15 is 0 Å². The molecule has 0 spiro atoms. The molecule has 14 heteroatoms. The zero-order valence-electron chi connectivity index (χ0n) is 29.6. The molecule has 0 amide bonds. The van der Waals surface area contributed by atoms with E-state index in [1.807, 2.05) is 0 Å².